The Bertz CT molecular complexity index is 1290. The number of likely N-dealkylation sites (tertiary alicyclic amines) is 1. The number of pyridine rings is 3. The molecule has 2 atom stereocenters. The van der Waals surface area contributed by atoms with Crippen LogP contribution in [-0.4, -0.2) is 51.0 Å². The molecule has 7 nitrogen and oxygen atoms in total. The summed E-state index contributed by atoms with van der Waals surface area (Å²) in [5, 5.41) is 13.9. The predicted octanol–water partition coefficient (Wildman–Crippen LogP) is 5.13. The van der Waals surface area contributed by atoms with Crippen LogP contribution >= 0.6 is 13.5 Å². The van der Waals surface area contributed by atoms with Gasteiger partial charge in [0.1, 0.15) is 17.3 Å². The van der Waals surface area contributed by atoms with E-state index in [1.807, 2.05) is 13.0 Å². The van der Waals surface area contributed by atoms with Crippen molar-refractivity contribution in [2.75, 3.05) is 25.5 Å². The summed E-state index contributed by atoms with van der Waals surface area (Å²) in [7, 11) is 2.22. The Morgan fingerprint density at radius 2 is 1.92 bits per heavy atom. The molecule has 0 bridgehead atoms. The van der Waals surface area contributed by atoms with Gasteiger partial charge in [-0.25, -0.2) is 9.97 Å². The van der Waals surface area contributed by atoms with Crippen molar-refractivity contribution in [2.24, 2.45) is 17.8 Å². The minimum absolute atomic E-state index is 0. The van der Waals surface area contributed by atoms with Crippen LogP contribution < -0.4 is 5.32 Å². The van der Waals surface area contributed by atoms with E-state index in [1.165, 1.54) is 38.2 Å². The van der Waals surface area contributed by atoms with Crippen molar-refractivity contribution in [3.05, 3.63) is 53.7 Å². The highest BCUT2D eigenvalue weighted by Crippen LogP contribution is 2.30. The average Bonchev–Trinajstić information content (AvgIpc) is 3.71. The van der Waals surface area contributed by atoms with Crippen molar-refractivity contribution in [2.45, 2.75) is 46.5 Å². The van der Waals surface area contributed by atoms with E-state index in [9.17, 15) is 9.90 Å². The maximum absolute atomic E-state index is 12.0. The van der Waals surface area contributed by atoms with Gasteiger partial charge in [0.25, 0.3) is 0 Å². The number of aromatic nitrogens is 3. The summed E-state index contributed by atoms with van der Waals surface area (Å²) < 4.78 is 0. The van der Waals surface area contributed by atoms with Gasteiger partial charge in [0.2, 0.25) is 5.91 Å². The average molecular weight is 522 g/mol. The van der Waals surface area contributed by atoms with Gasteiger partial charge in [0, 0.05) is 42.7 Å². The Morgan fingerprint density at radius 1 is 1.14 bits per heavy atom. The number of carbonyl (C=O) groups is 1. The second-order valence-electron chi connectivity index (χ2n) is 9.98. The van der Waals surface area contributed by atoms with Crippen molar-refractivity contribution in [1.29, 1.82) is 0 Å². The highest BCUT2D eigenvalue weighted by molar-refractivity contribution is 7.59. The molecule has 3 aromatic heterocycles. The van der Waals surface area contributed by atoms with Crippen LogP contribution in [0.1, 0.15) is 57.9 Å². The summed E-state index contributed by atoms with van der Waals surface area (Å²) in [5.41, 5.74) is 2.12. The minimum Gasteiger partial charge on any atom is -0.506 e. The molecular formula is C29H39N5O2S. The lowest BCUT2D eigenvalue weighted by Gasteiger charge is -2.34. The van der Waals surface area contributed by atoms with E-state index in [1.54, 1.807) is 18.5 Å². The maximum Gasteiger partial charge on any atom is 0.228 e. The molecule has 1 aliphatic heterocycles. The molecule has 5 rings (SSSR count). The summed E-state index contributed by atoms with van der Waals surface area (Å²) in [4.78, 5) is 27.2. The van der Waals surface area contributed by atoms with E-state index in [0.717, 1.165) is 46.7 Å². The van der Waals surface area contributed by atoms with Gasteiger partial charge in [-0.1, -0.05) is 26.2 Å². The third-order valence-electron chi connectivity index (χ3n) is 7.05. The summed E-state index contributed by atoms with van der Waals surface area (Å²) in [6, 6.07) is 5.02. The van der Waals surface area contributed by atoms with Gasteiger partial charge in [0.15, 0.2) is 0 Å². The van der Waals surface area contributed by atoms with E-state index in [0.29, 0.717) is 11.5 Å². The third kappa shape index (κ3) is 7.67. The van der Waals surface area contributed by atoms with Crippen LogP contribution in [0.2, 0.25) is 0 Å². The number of piperidine rings is 1. The molecule has 1 aliphatic carbocycles. The summed E-state index contributed by atoms with van der Waals surface area (Å²) in [6.07, 6.45) is 9.44. The number of amides is 1. The molecule has 1 saturated carbocycles. The zero-order valence-corrected chi connectivity index (χ0v) is 23.1. The van der Waals surface area contributed by atoms with Crippen LogP contribution in [0.5, 0.6) is 5.75 Å². The molecule has 3 aromatic rings. The van der Waals surface area contributed by atoms with E-state index in [2.05, 4.69) is 57.9 Å². The van der Waals surface area contributed by atoms with Crippen molar-refractivity contribution in [1.82, 2.24) is 19.9 Å². The Kier molecular flexibility index (Phi) is 9.90. The van der Waals surface area contributed by atoms with Crippen LogP contribution in [0.15, 0.2) is 36.8 Å². The van der Waals surface area contributed by atoms with Crippen molar-refractivity contribution in [3.63, 3.8) is 0 Å². The van der Waals surface area contributed by atoms with Gasteiger partial charge in [-0.3, -0.25) is 9.78 Å². The summed E-state index contributed by atoms with van der Waals surface area (Å²) >= 11 is 0. The molecule has 2 fully saturated rings. The molecule has 8 heteroatoms. The third-order valence-corrected chi connectivity index (χ3v) is 7.05. The molecule has 198 valence electrons. The lowest BCUT2D eigenvalue weighted by Crippen LogP contribution is -2.36. The molecule has 0 aromatic carbocycles. The Labute approximate surface area is 228 Å². The number of carbonyl (C=O) groups excluding carboxylic acids is 1. The van der Waals surface area contributed by atoms with E-state index < -0.39 is 0 Å². The van der Waals surface area contributed by atoms with E-state index in [4.69, 9.17) is 0 Å². The number of fused-ring (bicyclic) bond motifs is 1. The minimum atomic E-state index is 0. The highest BCUT2D eigenvalue weighted by Gasteiger charge is 2.29. The normalized spacial score (nSPS) is 19.0. The number of hydrogen-bond donors (Lipinski definition) is 2. The Hall–Kier alpha value is -3.15. The first-order chi connectivity index (χ1) is 17.3. The molecule has 0 spiro atoms. The fourth-order valence-corrected chi connectivity index (χ4v) is 4.61. The van der Waals surface area contributed by atoms with Crippen LogP contribution in [0.4, 0.5) is 5.82 Å². The maximum atomic E-state index is 12.0. The standard InChI is InChI=1S/C20H16N4O2.C9H19N.H2S.H2/c1-12-18-11-23-19(24-20(26)13-2-3-13)8-17(18)14(9-21-12)4-5-15-6-7-16(25)10-22-15;1-4-9-5-6-10(3)7-8(9)2;;/h6-11,13,25H,2-3H2,1H3,(H,23,24,26);8-9H,4-7H2,1-3H3;1H2;1H. The first kappa shape index (κ1) is 28.4. The van der Waals surface area contributed by atoms with Gasteiger partial charge in [-0.05, 0) is 75.7 Å². The molecule has 0 radical (unpaired) electrons. The topological polar surface area (TPSA) is 91.2 Å². The lowest BCUT2D eigenvalue weighted by molar-refractivity contribution is -0.117. The van der Waals surface area contributed by atoms with E-state index in [-0.39, 0.29) is 32.5 Å². The van der Waals surface area contributed by atoms with Crippen LogP contribution in [0, 0.1) is 36.5 Å². The number of aryl methyl sites for hydroxylation is 1. The fourth-order valence-electron chi connectivity index (χ4n) is 4.61. The highest BCUT2D eigenvalue weighted by atomic mass is 32.1. The molecule has 1 saturated heterocycles. The summed E-state index contributed by atoms with van der Waals surface area (Å²) in [6.45, 7) is 9.21. The molecule has 2 unspecified atom stereocenters. The first-order valence-corrected chi connectivity index (χ1v) is 12.8. The molecule has 1 amide bonds. The van der Waals surface area contributed by atoms with Crippen molar-refractivity contribution < 1.29 is 11.3 Å². The number of nitrogens with zero attached hydrogens (tertiary/aromatic N) is 4. The van der Waals surface area contributed by atoms with Crippen molar-refractivity contribution in [3.8, 4) is 17.6 Å². The first-order valence-electron chi connectivity index (χ1n) is 12.8. The second kappa shape index (κ2) is 12.9. The number of anilines is 1. The number of aromatic hydroxyl groups is 1. The molecule has 2 N–H and O–H groups in total. The smallest absolute Gasteiger partial charge is 0.228 e. The zero-order valence-electron chi connectivity index (χ0n) is 22.1. The van der Waals surface area contributed by atoms with Gasteiger partial charge < -0.3 is 15.3 Å². The monoisotopic (exact) mass is 521 g/mol. The molecular weight excluding hydrogens is 482 g/mol. The summed E-state index contributed by atoms with van der Waals surface area (Å²) in [5.74, 6) is 8.70. The SMILES string of the molecule is CCC1CCN(C)CC1C.Cc1ncc(C#Cc2ccc(O)cn2)c2cc(NC(=O)C3CC3)ncc12.S.[HH]. The molecule has 4 heterocycles. The Balaban J connectivity index is 0.000000361. The van der Waals surface area contributed by atoms with Crippen LogP contribution in [0.25, 0.3) is 10.8 Å². The van der Waals surface area contributed by atoms with Gasteiger partial charge in [-0.2, -0.15) is 13.5 Å². The van der Waals surface area contributed by atoms with Gasteiger partial charge in [0.05, 0.1) is 11.8 Å². The zero-order chi connectivity index (χ0) is 25.7. The van der Waals surface area contributed by atoms with Crippen LogP contribution in [0.3, 0.4) is 0 Å². The number of rotatable bonds is 3. The van der Waals surface area contributed by atoms with Crippen molar-refractivity contribution >= 4 is 36.0 Å². The fraction of sp³-hybridized carbons (Fsp3) is 0.448. The van der Waals surface area contributed by atoms with Gasteiger partial charge >= 0.3 is 0 Å². The number of hydrogen-bond acceptors (Lipinski definition) is 6. The van der Waals surface area contributed by atoms with Gasteiger partial charge in [-0.15, -0.1) is 0 Å². The second-order valence-corrected chi connectivity index (χ2v) is 9.98. The Morgan fingerprint density at radius 3 is 2.57 bits per heavy atom. The number of nitrogens with one attached hydrogen (secondary N) is 1. The predicted molar refractivity (Wildman–Crippen MR) is 155 cm³/mol. The van der Waals surface area contributed by atoms with E-state index >= 15 is 0 Å². The quantitative estimate of drug-likeness (QED) is 0.465. The molecule has 2 aliphatic rings. The lowest BCUT2D eigenvalue weighted by atomic mass is 9.85. The van der Waals surface area contributed by atoms with Crippen LogP contribution in [-0.2, 0) is 4.79 Å². The molecule has 37 heavy (non-hydrogen) atoms. The largest absolute Gasteiger partial charge is 0.506 e.